The lowest BCUT2D eigenvalue weighted by atomic mass is 9.97. The predicted molar refractivity (Wildman–Crippen MR) is 90.6 cm³/mol. The van der Waals surface area contributed by atoms with E-state index in [2.05, 4.69) is 29.2 Å². The molecule has 2 aromatic rings. The highest BCUT2D eigenvalue weighted by Crippen LogP contribution is 2.32. The summed E-state index contributed by atoms with van der Waals surface area (Å²) < 4.78 is 27.9. The van der Waals surface area contributed by atoms with Crippen LogP contribution in [0.15, 0.2) is 60.7 Å². The van der Waals surface area contributed by atoms with Crippen LogP contribution in [0.25, 0.3) is 0 Å². The topological polar surface area (TPSA) is 46.6 Å². The van der Waals surface area contributed by atoms with Gasteiger partial charge in [-0.05, 0) is 17.5 Å². The van der Waals surface area contributed by atoms with Crippen LogP contribution < -0.4 is 0 Å². The van der Waals surface area contributed by atoms with Crippen LogP contribution in [-0.4, -0.2) is 38.8 Å². The Balaban J connectivity index is 1.86. The first-order valence-corrected chi connectivity index (χ1v) is 9.57. The van der Waals surface area contributed by atoms with Crippen molar-refractivity contribution in [2.45, 2.75) is 18.6 Å². The summed E-state index contributed by atoms with van der Waals surface area (Å²) in [6, 6.07) is 20.7. The van der Waals surface area contributed by atoms with Crippen LogP contribution in [0.3, 0.4) is 0 Å². The SMILES string of the molecule is CS(=O)(=O)OC1CCN(C(c2ccccc2)c2ccccc2)C1. The van der Waals surface area contributed by atoms with Crippen LogP contribution in [0, 0.1) is 0 Å². The van der Waals surface area contributed by atoms with Crippen molar-refractivity contribution in [3.63, 3.8) is 0 Å². The predicted octanol–water partition coefficient (Wildman–Crippen LogP) is 2.83. The van der Waals surface area contributed by atoms with Crippen molar-refractivity contribution in [1.29, 1.82) is 0 Å². The van der Waals surface area contributed by atoms with Gasteiger partial charge in [0.25, 0.3) is 10.1 Å². The fraction of sp³-hybridized carbons (Fsp3) is 0.333. The summed E-state index contributed by atoms with van der Waals surface area (Å²) in [6.45, 7) is 1.43. The Hall–Kier alpha value is -1.69. The number of rotatable bonds is 5. The van der Waals surface area contributed by atoms with Crippen molar-refractivity contribution in [3.8, 4) is 0 Å². The van der Waals surface area contributed by atoms with Crippen molar-refractivity contribution >= 4 is 10.1 Å². The van der Waals surface area contributed by atoms with E-state index in [0.29, 0.717) is 6.54 Å². The molecule has 0 aliphatic carbocycles. The van der Waals surface area contributed by atoms with Gasteiger partial charge < -0.3 is 0 Å². The molecule has 3 rings (SSSR count). The third kappa shape index (κ3) is 4.19. The first-order valence-electron chi connectivity index (χ1n) is 7.75. The summed E-state index contributed by atoms with van der Waals surface area (Å²) in [5.74, 6) is 0. The Labute approximate surface area is 137 Å². The molecule has 23 heavy (non-hydrogen) atoms. The minimum absolute atomic E-state index is 0.116. The number of likely N-dealkylation sites (tertiary alicyclic amines) is 1. The molecule has 1 heterocycles. The van der Waals surface area contributed by atoms with E-state index in [9.17, 15) is 8.42 Å². The van der Waals surface area contributed by atoms with Gasteiger partial charge in [0.2, 0.25) is 0 Å². The summed E-state index contributed by atoms with van der Waals surface area (Å²) in [4.78, 5) is 2.29. The van der Waals surface area contributed by atoms with Gasteiger partial charge in [0.05, 0.1) is 18.4 Å². The third-order valence-electron chi connectivity index (χ3n) is 4.08. The maximum absolute atomic E-state index is 11.4. The lowest BCUT2D eigenvalue weighted by Gasteiger charge is -2.28. The highest BCUT2D eigenvalue weighted by Gasteiger charge is 2.32. The first kappa shape index (κ1) is 16.2. The zero-order valence-corrected chi connectivity index (χ0v) is 13.9. The van der Waals surface area contributed by atoms with Crippen molar-refractivity contribution in [2.24, 2.45) is 0 Å². The molecule has 0 bridgehead atoms. The van der Waals surface area contributed by atoms with Crippen LogP contribution >= 0.6 is 0 Å². The van der Waals surface area contributed by atoms with Gasteiger partial charge in [0.15, 0.2) is 0 Å². The summed E-state index contributed by atoms with van der Waals surface area (Å²) in [5, 5.41) is 0. The Morgan fingerprint density at radius 3 is 2.00 bits per heavy atom. The zero-order chi connectivity index (χ0) is 16.3. The highest BCUT2D eigenvalue weighted by molar-refractivity contribution is 7.86. The molecular weight excluding hydrogens is 310 g/mol. The van der Waals surface area contributed by atoms with Crippen LogP contribution in [0.5, 0.6) is 0 Å². The minimum atomic E-state index is -3.41. The molecule has 0 N–H and O–H groups in total. The van der Waals surface area contributed by atoms with E-state index in [1.165, 1.54) is 11.1 Å². The van der Waals surface area contributed by atoms with Crippen LogP contribution in [0.2, 0.25) is 0 Å². The standard InChI is InChI=1S/C18H21NO3S/c1-23(20,21)22-17-12-13-19(14-17)18(15-8-4-2-5-9-15)16-10-6-3-7-11-16/h2-11,17-18H,12-14H2,1H3. The molecule has 0 amide bonds. The summed E-state index contributed by atoms with van der Waals surface area (Å²) in [6.07, 6.45) is 1.57. The molecule has 1 saturated heterocycles. The average molecular weight is 331 g/mol. The molecule has 1 fully saturated rings. The normalized spacial score (nSPS) is 19.3. The van der Waals surface area contributed by atoms with Crippen molar-refractivity contribution in [2.75, 3.05) is 19.3 Å². The van der Waals surface area contributed by atoms with E-state index in [1.807, 2.05) is 36.4 Å². The number of hydrogen-bond donors (Lipinski definition) is 0. The monoisotopic (exact) mass is 331 g/mol. The van der Waals surface area contributed by atoms with Gasteiger partial charge in [-0.1, -0.05) is 60.7 Å². The van der Waals surface area contributed by atoms with Crippen LogP contribution in [0.4, 0.5) is 0 Å². The number of nitrogens with zero attached hydrogens (tertiary/aromatic N) is 1. The third-order valence-corrected chi connectivity index (χ3v) is 4.70. The molecule has 2 aromatic carbocycles. The molecular formula is C18H21NO3S. The molecule has 0 radical (unpaired) electrons. The van der Waals surface area contributed by atoms with Crippen molar-refractivity contribution in [3.05, 3.63) is 71.8 Å². The van der Waals surface area contributed by atoms with E-state index in [-0.39, 0.29) is 12.1 Å². The maximum atomic E-state index is 11.4. The quantitative estimate of drug-likeness (QED) is 0.791. The molecule has 5 heteroatoms. The number of benzene rings is 2. The van der Waals surface area contributed by atoms with E-state index in [1.54, 1.807) is 0 Å². The second kappa shape index (κ2) is 6.83. The van der Waals surface area contributed by atoms with Gasteiger partial charge >= 0.3 is 0 Å². The molecule has 0 saturated carbocycles. The van der Waals surface area contributed by atoms with Gasteiger partial charge in [-0.25, -0.2) is 0 Å². The highest BCUT2D eigenvalue weighted by atomic mass is 32.2. The second-order valence-electron chi connectivity index (χ2n) is 5.93. The fourth-order valence-corrected chi connectivity index (χ4v) is 3.85. The summed E-state index contributed by atoms with van der Waals surface area (Å²) >= 11 is 0. The molecule has 0 spiro atoms. The van der Waals surface area contributed by atoms with Gasteiger partial charge in [0, 0.05) is 13.1 Å². The average Bonchev–Trinajstić information content (AvgIpc) is 2.96. The molecule has 1 atom stereocenters. The van der Waals surface area contributed by atoms with Gasteiger partial charge in [-0.15, -0.1) is 0 Å². The van der Waals surface area contributed by atoms with Gasteiger partial charge in [-0.3, -0.25) is 9.08 Å². The van der Waals surface area contributed by atoms with Crippen molar-refractivity contribution in [1.82, 2.24) is 4.90 Å². The van der Waals surface area contributed by atoms with Crippen LogP contribution in [-0.2, 0) is 14.3 Å². The molecule has 122 valence electrons. The first-order chi connectivity index (χ1) is 11.0. The Morgan fingerprint density at radius 2 is 1.52 bits per heavy atom. The summed E-state index contributed by atoms with van der Waals surface area (Å²) in [5.41, 5.74) is 2.41. The Kier molecular flexibility index (Phi) is 4.80. The van der Waals surface area contributed by atoms with E-state index in [4.69, 9.17) is 4.18 Å². The maximum Gasteiger partial charge on any atom is 0.264 e. The molecule has 4 nitrogen and oxygen atoms in total. The Morgan fingerprint density at radius 1 is 1.00 bits per heavy atom. The lowest BCUT2D eigenvalue weighted by Crippen LogP contribution is -2.29. The Bertz CT molecular complexity index is 692. The zero-order valence-electron chi connectivity index (χ0n) is 13.1. The van der Waals surface area contributed by atoms with Crippen molar-refractivity contribution < 1.29 is 12.6 Å². The molecule has 0 aromatic heterocycles. The van der Waals surface area contributed by atoms with Gasteiger partial charge in [-0.2, -0.15) is 8.42 Å². The van der Waals surface area contributed by atoms with Gasteiger partial charge in [0.1, 0.15) is 0 Å². The lowest BCUT2D eigenvalue weighted by molar-refractivity contribution is 0.195. The van der Waals surface area contributed by atoms with E-state index >= 15 is 0 Å². The van der Waals surface area contributed by atoms with E-state index in [0.717, 1.165) is 19.2 Å². The summed E-state index contributed by atoms with van der Waals surface area (Å²) in [7, 11) is -3.41. The minimum Gasteiger partial charge on any atom is -0.290 e. The second-order valence-corrected chi connectivity index (χ2v) is 7.53. The molecule has 1 unspecified atom stereocenters. The molecule has 1 aliphatic heterocycles. The largest absolute Gasteiger partial charge is 0.290 e. The van der Waals surface area contributed by atoms with Crippen LogP contribution in [0.1, 0.15) is 23.6 Å². The van der Waals surface area contributed by atoms with E-state index < -0.39 is 10.1 Å². The molecule has 1 aliphatic rings. The number of hydrogen-bond acceptors (Lipinski definition) is 4. The smallest absolute Gasteiger partial charge is 0.264 e. The fourth-order valence-electron chi connectivity index (χ4n) is 3.20.